The minimum Gasteiger partial charge on any atom is -0.379 e. The van der Waals surface area contributed by atoms with Crippen molar-refractivity contribution in [3.63, 3.8) is 0 Å². The van der Waals surface area contributed by atoms with Crippen molar-refractivity contribution in [1.29, 1.82) is 0 Å². The number of nitrogens with one attached hydrogen (secondary N) is 1. The Bertz CT molecular complexity index is 812. The van der Waals surface area contributed by atoms with Crippen LogP contribution in [0.2, 0.25) is 0 Å². The molecule has 0 unspecified atom stereocenters. The van der Waals surface area contributed by atoms with E-state index in [9.17, 15) is 4.79 Å². The third kappa shape index (κ3) is 3.08. The van der Waals surface area contributed by atoms with Crippen LogP contribution in [0.4, 0.5) is 5.69 Å². The number of benzene rings is 1. The quantitative estimate of drug-likeness (QED) is 0.752. The van der Waals surface area contributed by atoms with E-state index in [1.54, 1.807) is 24.0 Å². The van der Waals surface area contributed by atoms with Crippen molar-refractivity contribution in [2.45, 2.75) is 11.4 Å². The second-order valence-corrected chi connectivity index (χ2v) is 5.48. The molecule has 0 saturated carbocycles. The Hall–Kier alpha value is -2.27. The molecule has 1 N–H and O–H groups in total. The number of anilines is 1. The highest BCUT2D eigenvalue weighted by Crippen LogP contribution is 2.17. The van der Waals surface area contributed by atoms with Crippen LogP contribution in [0, 0.1) is 0 Å². The van der Waals surface area contributed by atoms with Crippen LogP contribution in [-0.4, -0.2) is 15.6 Å². The fourth-order valence-electron chi connectivity index (χ4n) is 2.10. The first-order chi connectivity index (χ1) is 10.3. The molecule has 3 rings (SSSR count). The van der Waals surface area contributed by atoms with Crippen LogP contribution >= 0.6 is 11.8 Å². The standard InChI is InChI=1S/C16H15N3OS/c1-21-14-7-5-12(6-8-14)17-11-13-10-16(20)19-9-3-2-4-15(19)18-13/h2-10,17H,11H2,1H3. The largest absolute Gasteiger partial charge is 0.379 e. The number of hydrogen-bond donors (Lipinski definition) is 1. The summed E-state index contributed by atoms with van der Waals surface area (Å²) in [4.78, 5) is 17.7. The highest BCUT2D eigenvalue weighted by atomic mass is 32.2. The molecule has 4 nitrogen and oxygen atoms in total. The van der Waals surface area contributed by atoms with E-state index in [-0.39, 0.29) is 5.56 Å². The minimum absolute atomic E-state index is 0.0601. The maximum Gasteiger partial charge on any atom is 0.258 e. The van der Waals surface area contributed by atoms with Gasteiger partial charge in [-0.15, -0.1) is 11.8 Å². The lowest BCUT2D eigenvalue weighted by Crippen LogP contribution is -2.16. The predicted molar refractivity (Wildman–Crippen MR) is 87.0 cm³/mol. The summed E-state index contributed by atoms with van der Waals surface area (Å²) in [5.74, 6) is 0. The summed E-state index contributed by atoms with van der Waals surface area (Å²) in [7, 11) is 0. The molecule has 0 spiro atoms. The summed E-state index contributed by atoms with van der Waals surface area (Å²) in [5, 5.41) is 3.28. The number of fused-ring (bicyclic) bond motifs is 1. The van der Waals surface area contributed by atoms with Gasteiger partial charge in [-0.05, 0) is 42.7 Å². The van der Waals surface area contributed by atoms with Crippen molar-refractivity contribution in [3.8, 4) is 0 Å². The van der Waals surface area contributed by atoms with E-state index >= 15 is 0 Å². The number of hydrogen-bond acceptors (Lipinski definition) is 4. The van der Waals surface area contributed by atoms with Gasteiger partial charge in [0.2, 0.25) is 0 Å². The zero-order valence-corrected chi connectivity index (χ0v) is 12.4. The molecule has 21 heavy (non-hydrogen) atoms. The molecular formula is C16H15N3OS. The van der Waals surface area contributed by atoms with Crippen LogP contribution in [0.15, 0.2) is 64.4 Å². The topological polar surface area (TPSA) is 46.4 Å². The molecule has 0 amide bonds. The first kappa shape index (κ1) is 13.7. The third-order valence-electron chi connectivity index (χ3n) is 3.19. The number of pyridine rings is 1. The number of nitrogens with zero attached hydrogens (tertiary/aromatic N) is 2. The average molecular weight is 297 g/mol. The summed E-state index contributed by atoms with van der Waals surface area (Å²) in [6, 6.07) is 15.3. The number of thioether (sulfide) groups is 1. The maximum atomic E-state index is 12.0. The zero-order valence-electron chi connectivity index (χ0n) is 11.6. The van der Waals surface area contributed by atoms with E-state index in [1.165, 1.54) is 9.30 Å². The Morgan fingerprint density at radius 2 is 2.00 bits per heavy atom. The van der Waals surface area contributed by atoms with Crippen molar-refractivity contribution in [1.82, 2.24) is 9.38 Å². The predicted octanol–water partition coefficient (Wildman–Crippen LogP) is 3.03. The van der Waals surface area contributed by atoms with E-state index in [4.69, 9.17) is 0 Å². The van der Waals surface area contributed by atoms with E-state index in [2.05, 4.69) is 28.7 Å². The molecule has 1 aromatic carbocycles. The first-order valence-electron chi connectivity index (χ1n) is 6.61. The lowest BCUT2D eigenvalue weighted by molar-refractivity contribution is 0.971. The van der Waals surface area contributed by atoms with Gasteiger partial charge in [-0.25, -0.2) is 4.98 Å². The zero-order chi connectivity index (χ0) is 14.7. The van der Waals surface area contributed by atoms with Gasteiger partial charge >= 0.3 is 0 Å². The Morgan fingerprint density at radius 1 is 1.19 bits per heavy atom. The highest BCUT2D eigenvalue weighted by molar-refractivity contribution is 7.98. The second kappa shape index (κ2) is 6.01. The molecule has 106 valence electrons. The second-order valence-electron chi connectivity index (χ2n) is 4.60. The van der Waals surface area contributed by atoms with Crippen LogP contribution < -0.4 is 10.9 Å². The van der Waals surface area contributed by atoms with Crippen molar-refractivity contribution >= 4 is 23.1 Å². The van der Waals surface area contributed by atoms with Gasteiger partial charge in [-0.2, -0.15) is 0 Å². The molecule has 0 aliphatic rings. The van der Waals surface area contributed by atoms with Gasteiger partial charge in [0.05, 0.1) is 12.2 Å². The molecule has 0 fully saturated rings. The van der Waals surface area contributed by atoms with Crippen molar-refractivity contribution in [3.05, 3.63) is 70.8 Å². The lowest BCUT2D eigenvalue weighted by Gasteiger charge is -2.07. The van der Waals surface area contributed by atoms with Crippen molar-refractivity contribution in [2.75, 3.05) is 11.6 Å². The average Bonchev–Trinajstić information content (AvgIpc) is 2.53. The van der Waals surface area contributed by atoms with Crippen molar-refractivity contribution < 1.29 is 0 Å². The molecular weight excluding hydrogens is 282 g/mol. The van der Waals surface area contributed by atoms with Gasteiger partial charge in [0, 0.05) is 22.8 Å². The first-order valence-corrected chi connectivity index (χ1v) is 7.84. The Balaban J connectivity index is 1.80. The van der Waals surface area contributed by atoms with Gasteiger partial charge in [0.1, 0.15) is 5.65 Å². The third-order valence-corrected chi connectivity index (χ3v) is 3.93. The molecule has 0 saturated heterocycles. The van der Waals surface area contributed by atoms with Gasteiger partial charge in [0.15, 0.2) is 0 Å². The SMILES string of the molecule is CSc1ccc(NCc2cc(=O)n3ccccc3n2)cc1. The van der Waals surface area contributed by atoms with Gasteiger partial charge in [-0.3, -0.25) is 9.20 Å². The molecule has 0 bridgehead atoms. The molecule has 5 heteroatoms. The van der Waals surface area contributed by atoms with E-state index in [0.29, 0.717) is 12.2 Å². The fraction of sp³-hybridized carbons (Fsp3) is 0.125. The minimum atomic E-state index is -0.0601. The summed E-state index contributed by atoms with van der Waals surface area (Å²) >= 11 is 1.71. The monoisotopic (exact) mass is 297 g/mol. The summed E-state index contributed by atoms with van der Waals surface area (Å²) < 4.78 is 1.54. The summed E-state index contributed by atoms with van der Waals surface area (Å²) in [6.07, 6.45) is 3.78. The van der Waals surface area contributed by atoms with Gasteiger partial charge < -0.3 is 5.32 Å². The molecule has 3 aromatic rings. The van der Waals surface area contributed by atoms with Crippen LogP contribution in [0.25, 0.3) is 5.65 Å². The van der Waals surface area contributed by atoms with Crippen LogP contribution in [0.3, 0.4) is 0 Å². The summed E-state index contributed by atoms with van der Waals surface area (Å²) in [6.45, 7) is 0.527. The number of aromatic nitrogens is 2. The normalized spacial score (nSPS) is 10.7. The smallest absolute Gasteiger partial charge is 0.258 e. The lowest BCUT2D eigenvalue weighted by atomic mass is 10.3. The highest BCUT2D eigenvalue weighted by Gasteiger charge is 2.02. The molecule has 0 aliphatic carbocycles. The van der Waals surface area contributed by atoms with Crippen LogP contribution in [0.1, 0.15) is 5.69 Å². The molecule has 0 atom stereocenters. The van der Waals surface area contributed by atoms with Crippen LogP contribution in [-0.2, 0) is 6.54 Å². The molecule has 2 aromatic heterocycles. The molecule has 2 heterocycles. The Morgan fingerprint density at radius 3 is 2.76 bits per heavy atom. The number of rotatable bonds is 4. The van der Waals surface area contributed by atoms with Crippen molar-refractivity contribution in [2.24, 2.45) is 0 Å². The van der Waals surface area contributed by atoms with Gasteiger partial charge in [-0.1, -0.05) is 6.07 Å². The molecule has 0 radical (unpaired) electrons. The fourth-order valence-corrected chi connectivity index (χ4v) is 2.50. The van der Waals surface area contributed by atoms with Crippen LogP contribution in [0.5, 0.6) is 0 Å². The van der Waals surface area contributed by atoms with E-state index < -0.39 is 0 Å². The van der Waals surface area contributed by atoms with E-state index in [1.807, 2.05) is 30.3 Å². The Kier molecular flexibility index (Phi) is 3.92. The summed E-state index contributed by atoms with van der Waals surface area (Å²) in [5.41, 5.74) is 2.36. The molecule has 0 aliphatic heterocycles. The van der Waals surface area contributed by atoms with Gasteiger partial charge in [0.25, 0.3) is 5.56 Å². The maximum absolute atomic E-state index is 12.0. The Labute approximate surface area is 126 Å². The van der Waals surface area contributed by atoms with E-state index in [0.717, 1.165) is 11.4 Å².